The van der Waals surface area contributed by atoms with Gasteiger partial charge in [0.1, 0.15) is 5.60 Å². The van der Waals surface area contributed by atoms with Gasteiger partial charge in [-0.15, -0.1) is 0 Å². The third-order valence-electron chi connectivity index (χ3n) is 3.75. The number of hydrogen-bond acceptors (Lipinski definition) is 2. The van der Waals surface area contributed by atoms with Crippen molar-refractivity contribution in [2.24, 2.45) is 5.92 Å². The van der Waals surface area contributed by atoms with Crippen LogP contribution in [0.25, 0.3) is 0 Å². The first-order chi connectivity index (χ1) is 6.15. The van der Waals surface area contributed by atoms with Gasteiger partial charge >= 0.3 is 0 Å². The average Bonchev–Trinajstić information content (AvgIpc) is 2.59. The topological polar surface area (TPSA) is 26.3 Å². The molecule has 0 bridgehead atoms. The first-order valence-corrected chi connectivity index (χ1v) is 8.22. The second-order valence-corrected chi connectivity index (χ2v) is 10.8. The highest BCUT2D eigenvalue weighted by Crippen LogP contribution is 2.50. The fraction of sp³-hybridized carbons (Fsp3) is 0.909. The van der Waals surface area contributed by atoms with E-state index in [4.69, 9.17) is 4.43 Å². The van der Waals surface area contributed by atoms with Gasteiger partial charge in [0.25, 0.3) is 0 Å². The van der Waals surface area contributed by atoms with Crippen molar-refractivity contribution in [2.45, 2.75) is 57.8 Å². The molecule has 0 N–H and O–H groups in total. The molecule has 0 amide bonds. The molecule has 0 spiro atoms. The molecule has 0 saturated heterocycles. The van der Waals surface area contributed by atoms with E-state index < -0.39 is 13.9 Å². The van der Waals surface area contributed by atoms with Gasteiger partial charge in [-0.1, -0.05) is 27.7 Å². The number of carbonyl (C=O) groups excluding carboxylic acids is 1. The van der Waals surface area contributed by atoms with Crippen molar-refractivity contribution in [1.82, 2.24) is 0 Å². The quantitative estimate of drug-likeness (QED) is 0.533. The Hall–Kier alpha value is -0.153. The van der Waals surface area contributed by atoms with Gasteiger partial charge in [0.2, 0.25) is 0 Å². The second-order valence-electron chi connectivity index (χ2n) is 6.04. The minimum absolute atomic E-state index is 0.186. The van der Waals surface area contributed by atoms with Gasteiger partial charge in [0.15, 0.2) is 14.6 Å². The summed E-state index contributed by atoms with van der Waals surface area (Å²) >= 11 is 0. The van der Waals surface area contributed by atoms with Crippen LogP contribution >= 0.6 is 0 Å². The molecule has 0 unspecified atom stereocenters. The van der Waals surface area contributed by atoms with E-state index in [0.717, 1.165) is 12.7 Å². The second kappa shape index (κ2) is 3.17. The molecule has 82 valence electrons. The molecule has 14 heavy (non-hydrogen) atoms. The molecule has 1 rings (SSSR count). The molecule has 0 radical (unpaired) electrons. The minimum atomic E-state index is -1.77. The summed E-state index contributed by atoms with van der Waals surface area (Å²) in [4.78, 5) is 11.0. The Morgan fingerprint density at radius 1 is 1.43 bits per heavy atom. The van der Waals surface area contributed by atoms with Crippen LogP contribution in [-0.4, -0.2) is 20.2 Å². The van der Waals surface area contributed by atoms with E-state index in [0.29, 0.717) is 5.92 Å². The van der Waals surface area contributed by atoms with Crippen LogP contribution in [0.4, 0.5) is 0 Å². The van der Waals surface area contributed by atoms with E-state index in [-0.39, 0.29) is 5.04 Å². The van der Waals surface area contributed by atoms with E-state index in [1.54, 1.807) is 0 Å². The normalized spacial score (nSPS) is 32.9. The zero-order valence-electron chi connectivity index (χ0n) is 10.2. The van der Waals surface area contributed by atoms with Crippen LogP contribution in [0, 0.1) is 5.92 Å². The lowest BCUT2D eigenvalue weighted by Gasteiger charge is -2.38. The standard InChI is InChI=1S/C11H22O2Si/c1-9-7-11(9,8-12)13-14(5,6)10(2,3)4/h8-9H,7H2,1-6H3/t9-,11-/m1/s1. The SMILES string of the molecule is C[C@@H]1C[C@]1(C=O)O[Si](C)(C)C(C)(C)C. The smallest absolute Gasteiger partial charge is 0.193 e. The molecule has 0 aromatic heterocycles. The van der Waals surface area contributed by atoms with Crippen LogP contribution in [0.1, 0.15) is 34.1 Å². The number of aldehydes is 1. The van der Waals surface area contributed by atoms with E-state index in [9.17, 15) is 4.79 Å². The highest BCUT2D eigenvalue weighted by Gasteiger charge is 2.57. The van der Waals surface area contributed by atoms with Gasteiger partial charge in [-0.3, -0.25) is 0 Å². The van der Waals surface area contributed by atoms with Crippen LogP contribution in [0.2, 0.25) is 18.1 Å². The maximum atomic E-state index is 11.0. The lowest BCUT2D eigenvalue weighted by atomic mass is 10.2. The predicted octanol–water partition coefficient (Wildman–Crippen LogP) is 2.99. The van der Waals surface area contributed by atoms with Crippen molar-refractivity contribution in [3.63, 3.8) is 0 Å². The van der Waals surface area contributed by atoms with E-state index >= 15 is 0 Å². The molecule has 0 heterocycles. The summed E-state index contributed by atoms with van der Waals surface area (Å²) in [5.74, 6) is 0.411. The molecule has 0 aromatic rings. The highest BCUT2D eigenvalue weighted by molar-refractivity contribution is 6.74. The van der Waals surface area contributed by atoms with Gasteiger partial charge in [0.05, 0.1) is 0 Å². The van der Waals surface area contributed by atoms with Gasteiger partial charge in [-0.25, -0.2) is 0 Å². The molecule has 1 saturated carbocycles. The van der Waals surface area contributed by atoms with Gasteiger partial charge in [-0.05, 0) is 30.5 Å². The molecule has 2 atom stereocenters. The predicted molar refractivity (Wildman–Crippen MR) is 60.9 cm³/mol. The largest absolute Gasteiger partial charge is 0.404 e. The highest BCUT2D eigenvalue weighted by atomic mass is 28.4. The van der Waals surface area contributed by atoms with Crippen molar-refractivity contribution in [3.8, 4) is 0 Å². The third-order valence-corrected chi connectivity index (χ3v) is 8.25. The van der Waals surface area contributed by atoms with Crippen molar-refractivity contribution in [2.75, 3.05) is 0 Å². The Morgan fingerprint density at radius 3 is 2.07 bits per heavy atom. The molecule has 1 aliphatic rings. The van der Waals surface area contributed by atoms with Crippen LogP contribution in [0.3, 0.4) is 0 Å². The zero-order valence-corrected chi connectivity index (χ0v) is 11.2. The number of hydrogen-bond donors (Lipinski definition) is 0. The molecule has 0 aromatic carbocycles. The first-order valence-electron chi connectivity index (χ1n) is 5.31. The van der Waals surface area contributed by atoms with E-state index in [1.165, 1.54) is 0 Å². The summed E-state index contributed by atoms with van der Waals surface area (Å²) in [5.41, 5.74) is -0.428. The fourth-order valence-electron chi connectivity index (χ4n) is 1.38. The molecule has 0 aliphatic heterocycles. The molecule has 3 heteroatoms. The maximum absolute atomic E-state index is 11.0. The monoisotopic (exact) mass is 214 g/mol. The Morgan fingerprint density at radius 2 is 1.86 bits per heavy atom. The van der Waals surface area contributed by atoms with Crippen LogP contribution < -0.4 is 0 Å². The van der Waals surface area contributed by atoms with Gasteiger partial charge < -0.3 is 9.22 Å². The fourth-order valence-corrected chi connectivity index (χ4v) is 2.97. The number of carbonyl (C=O) groups is 1. The molecular formula is C11H22O2Si. The summed E-state index contributed by atoms with van der Waals surface area (Å²) in [6, 6.07) is 0. The lowest BCUT2D eigenvalue weighted by Crippen LogP contribution is -2.45. The van der Waals surface area contributed by atoms with Crippen molar-refractivity contribution < 1.29 is 9.22 Å². The summed E-state index contributed by atoms with van der Waals surface area (Å²) in [5, 5.41) is 0.186. The summed E-state index contributed by atoms with van der Waals surface area (Å²) in [7, 11) is -1.77. The molecular weight excluding hydrogens is 192 g/mol. The van der Waals surface area contributed by atoms with Crippen molar-refractivity contribution >= 4 is 14.6 Å². The Labute approximate surface area is 88.2 Å². The molecule has 1 aliphatic carbocycles. The Balaban J connectivity index is 2.73. The maximum Gasteiger partial charge on any atom is 0.193 e. The molecule has 2 nitrogen and oxygen atoms in total. The van der Waals surface area contributed by atoms with Gasteiger partial charge in [-0.2, -0.15) is 0 Å². The average molecular weight is 214 g/mol. The van der Waals surface area contributed by atoms with Crippen LogP contribution in [0.15, 0.2) is 0 Å². The first kappa shape index (κ1) is 11.9. The summed E-state index contributed by atoms with van der Waals surface area (Å²) in [6.45, 7) is 13.1. The third kappa shape index (κ3) is 1.93. The number of rotatable bonds is 3. The minimum Gasteiger partial charge on any atom is -0.404 e. The van der Waals surface area contributed by atoms with Crippen molar-refractivity contribution in [3.05, 3.63) is 0 Å². The molecule has 1 fully saturated rings. The van der Waals surface area contributed by atoms with Crippen molar-refractivity contribution in [1.29, 1.82) is 0 Å². The van der Waals surface area contributed by atoms with Crippen LogP contribution in [-0.2, 0) is 9.22 Å². The van der Waals surface area contributed by atoms with E-state index in [1.807, 2.05) is 0 Å². The zero-order chi connectivity index (χ0) is 11.2. The summed E-state index contributed by atoms with van der Waals surface area (Å²) in [6.07, 6.45) is 1.92. The lowest BCUT2D eigenvalue weighted by molar-refractivity contribution is -0.116. The summed E-state index contributed by atoms with van der Waals surface area (Å²) < 4.78 is 6.13. The van der Waals surface area contributed by atoms with E-state index in [2.05, 4.69) is 40.8 Å². The Kier molecular flexibility index (Phi) is 2.70. The van der Waals surface area contributed by atoms with Crippen LogP contribution in [0.5, 0.6) is 0 Å². The Bertz CT molecular complexity index is 242. The van der Waals surface area contributed by atoms with Gasteiger partial charge in [0, 0.05) is 0 Å².